The third kappa shape index (κ3) is 3.69. The number of amides is 1. The van der Waals surface area contributed by atoms with Crippen molar-refractivity contribution in [1.82, 2.24) is 19.3 Å². The fraction of sp³-hybridized carbons (Fsp3) is 0.235. The highest BCUT2D eigenvalue weighted by Gasteiger charge is 2.41. The van der Waals surface area contributed by atoms with E-state index >= 15 is 0 Å². The Labute approximate surface area is 162 Å². The van der Waals surface area contributed by atoms with Gasteiger partial charge in [-0.15, -0.1) is 0 Å². The molecule has 0 radical (unpaired) electrons. The number of anilines is 1. The zero-order valence-electron chi connectivity index (χ0n) is 15.3. The van der Waals surface area contributed by atoms with Crippen LogP contribution in [0.5, 0.6) is 0 Å². The van der Waals surface area contributed by atoms with Crippen molar-refractivity contribution >= 4 is 33.8 Å². The first-order valence-electron chi connectivity index (χ1n) is 8.20. The van der Waals surface area contributed by atoms with Gasteiger partial charge in [0.2, 0.25) is 16.0 Å². The minimum Gasteiger partial charge on any atom is -0.369 e. The molecule has 0 fully saturated rings. The van der Waals surface area contributed by atoms with Crippen molar-refractivity contribution in [2.45, 2.75) is 12.5 Å². The molecule has 2 aromatic heterocycles. The molecule has 2 aromatic rings. The number of aliphatic imine (C=N–C) groups is 1. The molecule has 0 unspecified atom stereocenters. The summed E-state index contributed by atoms with van der Waals surface area (Å²) >= 11 is 0. The smallest absolute Gasteiger partial charge is 0.277 e. The van der Waals surface area contributed by atoms with E-state index in [1.807, 2.05) is 0 Å². The van der Waals surface area contributed by atoms with E-state index in [4.69, 9.17) is 5.73 Å². The summed E-state index contributed by atoms with van der Waals surface area (Å²) in [6.07, 6.45) is 4.27. The van der Waals surface area contributed by atoms with Gasteiger partial charge >= 0.3 is 0 Å². The van der Waals surface area contributed by atoms with Crippen molar-refractivity contribution in [1.29, 1.82) is 0 Å². The van der Waals surface area contributed by atoms with E-state index in [-0.39, 0.29) is 23.2 Å². The molecule has 0 saturated heterocycles. The normalized spacial score (nSPS) is 20.9. The first kappa shape index (κ1) is 19.4. The molecule has 146 valence electrons. The third-order valence-corrected chi connectivity index (χ3v) is 6.17. The van der Waals surface area contributed by atoms with Crippen LogP contribution >= 0.6 is 0 Å². The Morgan fingerprint density at radius 1 is 1.36 bits per heavy atom. The lowest BCUT2D eigenvalue weighted by molar-refractivity contribution is 0.102. The minimum atomic E-state index is -3.63. The Kier molecular flexibility index (Phi) is 4.86. The Hall–Kier alpha value is -3.34. The summed E-state index contributed by atoms with van der Waals surface area (Å²) < 4.78 is 25.6. The van der Waals surface area contributed by atoms with Crippen LogP contribution in [0.2, 0.25) is 0 Å². The average molecular weight is 401 g/mol. The molecule has 11 heteroatoms. The lowest BCUT2D eigenvalue weighted by Gasteiger charge is -2.33. The summed E-state index contributed by atoms with van der Waals surface area (Å²) in [7, 11) is -2.28. The molecule has 3 heterocycles. The number of hydrogen-bond donors (Lipinski definition) is 2. The second-order valence-corrected chi connectivity index (χ2v) is 8.36. The molecule has 1 aliphatic rings. The van der Waals surface area contributed by atoms with Crippen molar-refractivity contribution in [3.8, 4) is 0 Å². The number of nitrogens with zero attached hydrogens (tertiary/aromatic N) is 5. The Morgan fingerprint density at radius 2 is 2.11 bits per heavy atom. The van der Waals surface area contributed by atoms with Crippen LogP contribution in [0.1, 0.15) is 28.8 Å². The molecule has 1 atom stereocenters. The predicted molar refractivity (Wildman–Crippen MR) is 105 cm³/mol. The number of rotatable bonds is 4. The van der Waals surface area contributed by atoms with Crippen LogP contribution < -0.4 is 11.1 Å². The van der Waals surface area contributed by atoms with Gasteiger partial charge in [0.25, 0.3) is 5.91 Å². The van der Waals surface area contributed by atoms with Gasteiger partial charge in [0.1, 0.15) is 22.8 Å². The Morgan fingerprint density at radius 3 is 2.71 bits per heavy atom. The summed E-state index contributed by atoms with van der Waals surface area (Å²) in [5, 5.41) is 2.62. The van der Waals surface area contributed by atoms with Gasteiger partial charge in [-0.3, -0.25) is 9.78 Å². The van der Waals surface area contributed by atoms with Crippen LogP contribution in [0, 0.1) is 0 Å². The van der Waals surface area contributed by atoms with Crippen LogP contribution in [-0.4, -0.2) is 52.3 Å². The fourth-order valence-corrected chi connectivity index (χ4v) is 4.07. The van der Waals surface area contributed by atoms with Crippen molar-refractivity contribution < 1.29 is 13.2 Å². The highest BCUT2D eigenvalue weighted by molar-refractivity contribution is 7.89. The molecule has 0 spiro atoms. The van der Waals surface area contributed by atoms with E-state index in [2.05, 4.69) is 31.8 Å². The van der Waals surface area contributed by atoms with E-state index in [0.717, 1.165) is 4.31 Å². The van der Waals surface area contributed by atoms with Gasteiger partial charge in [-0.05, 0) is 25.1 Å². The van der Waals surface area contributed by atoms with Gasteiger partial charge in [0, 0.05) is 7.05 Å². The molecule has 0 saturated carbocycles. The van der Waals surface area contributed by atoms with E-state index in [1.165, 1.54) is 25.5 Å². The first-order chi connectivity index (χ1) is 13.1. The third-order valence-electron chi connectivity index (χ3n) is 4.22. The van der Waals surface area contributed by atoms with E-state index in [0.29, 0.717) is 11.4 Å². The summed E-state index contributed by atoms with van der Waals surface area (Å²) in [5.74, 6) is -0.696. The van der Waals surface area contributed by atoms with Gasteiger partial charge in [-0.1, -0.05) is 12.6 Å². The number of guanidine groups is 1. The molecule has 28 heavy (non-hydrogen) atoms. The van der Waals surface area contributed by atoms with Crippen LogP contribution in [0.15, 0.2) is 42.2 Å². The lowest BCUT2D eigenvalue weighted by Crippen LogP contribution is -2.50. The number of carbonyl (C=O) groups is 1. The van der Waals surface area contributed by atoms with Crippen LogP contribution in [-0.2, 0) is 15.6 Å². The zero-order chi connectivity index (χ0) is 20.5. The summed E-state index contributed by atoms with van der Waals surface area (Å²) in [6.45, 7) is 5.20. The monoisotopic (exact) mass is 401 g/mol. The van der Waals surface area contributed by atoms with Crippen molar-refractivity contribution in [3.05, 3.63) is 54.3 Å². The Balaban J connectivity index is 1.88. The van der Waals surface area contributed by atoms with E-state index in [1.54, 1.807) is 25.1 Å². The summed E-state index contributed by atoms with van der Waals surface area (Å²) in [6, 6.07) is 4.85. The molecule has 3 N–H and O–H groups in total. The molecule has 1 amide bonds. The largest absolute Gasteiger partial charge is 0.369 e. The number of pyridine rings is 1. The van der Waals surface area contributed by atoms with Crippen LogP contribution in [0.25, 0.3) is 6.08 Å². The highest BCUT2D eigenvalue weighted by Crippen LogP contribution is 2.31. The topological polar surface area (TPSA) is 144 Å². The maximum atomic E-state index is 12.3. The molecule has 1 aliphatic heterocycles. The van der Waals surface area contributed by atoms with Crippen molar-refractivity contribution in [2.24, 2.45) is 10.7 Å². The van der Waals surface area contributed by atoms with E-state index < -0.39 is 21.5 Å². The van der Waals surface area contributed by atoms with E-state index in [9.17, 15) is 13.2 Å². The molecule has 0 aliphatic carbocycles. The Bertz CT molecular complexity index is 1070. The van der Waals surface area contributed by atoms with Gasteiger partial charge in [0.15, 0.2) is 0 Å². The van der Waals surface area contributed by atoms with Crippen LogP contribution in [0.3, 0.4) is 0 Å². The quantitative estimate of drug-likeness (QED) is 0.762. The maximum absolute atomic E-state index is 12.3. The number of sulfonamides is 1. The fourth-order valence-electron chi connectivity index (χ4n) is 2.63. The van der Waals surface area contributed by atoms with Gasteiger partial charge < -0.3 is 11.1 Å². The van der Waals surface area contributed by atoms with Crippen molar-refractivity contribution in [2.75, 3.05) is 18.1 Å². The molecular formula is C17H19N7O3S. The second-order valence-electron chi connectivity index (χ2n) is 6.36. The highest BCUT2D eigenvalue weighted by atomic mass is 32.2. The minimum absolute atomic E-state index is 0.105. The molecule has 0 bridgehead atoms. The molecular weight excluding hydrogens is 382 g/mol. The van der Waals surface area contributed by atoms with Gasteiger partial charge in [-0.2, -0.15) is 0 Å². The first-order valence-corrected chi connectivity index (χ1v) is 9.81. The standard InChI is InChI=1S/C17H19N7O3S/c1-4-11-8-20-12(9-19-11)15(25)22-14-7-5-6-13(21-14)17(2)10-28(26,27)24(3)16(18)23-17/h4-9H,1,10H2,2-3H3,(H2,18,23)(H,21,22,25)/t17-/m0/s1. The molecule has 3 rings (SSSR count). The van der Waals surface area contributed by atoms with Gasteiger partial charge in [0.05, 0.1) is 23.8 Å². The summed E-state index contributed by atoms with van der Waals surface area (Å²) in [5.41, 5.74) is 5.59. The van der Waals surface area contributed by atoms with Crippen LogP contribution in [0.4, 0.5) is 5.82 Å². The maximum Gasteiger partial charge on any atom is 0.277 e. The number of nitrogens with one attached hydrogen (secondary N) is 1. The van der Waals surface area contributed by atoms with Gasteiger partial charge in [-0.25, -0.2) is 27.7 Å². The average Bonchev–Trinajstić information content (AvgIpc) is 2.66. The predicted octanol–water partition coefficient (Wildman–Crippen LogP) is 0.572. The number of carbonyl (C=O) groups excluding carboxylic acids is 1. The lowest BCUT2D eigenvalue weighted by atomic mass is 10.0. The number of nitrogens with two attached hydrogens (primary N) is 1. The number of hydrogen-bond acceptors (Lipinski definition) is 8. The molecule has 0 aromatic carbocycles. The SMILES string of the molecule is C=Cc1cnc(C(=O)Nc2cccc([C@]3(C)CS(=O)(=O)N(C)C(N)=N3)n2)cn1. The second kappa shape index (κ2) is 7.00. The van der Waals surface area contributed by atoms with Crippen molar-refractivity contribution in [3.63, 3.8) is 0 Å². The number of aromatic nitrogens is 3. The zero-order valence-corrected chi connectivity index (χ0v) is 16.1. The molecule has 10 nitrogen and oxygen atoms in total. The summed E-state index contributed by atoms with van der Waals surface area (Å²) in [4.78, 5) is 29.0.